The monoisotopic (exact) mass is 863 g/mol. The van der Waals surface area contributed by atoms with Crippen molar-refractivity contribution in [3.8, 4) is 0 Å². The molecule has 362 valence electrons. The Kier molecular flexibility index (Phi) is 46.6. The van der Waals surface area contributed by atoms with E-state index in [0.717, 1.165) is 69.6 Å². The Hall–Kier alpha value is -1.59. The minimum atomic E-state index is -0.762. The Morgan fingerprint density at radius 3 is 0.803 bits per heavy atom. The highest BCUT2D eigenvalue weighted by atomic mass is 16.6. The highest BCUT2D eigenvalue weighted by molar-refractivity contribution is 5.71. The molecule has 61 heavy (non-hydrogen) atoms. The molecule has 0 radical (unpaired) electrons. The van der Waals surface area contributed by atoms with Crippen LogP contribution in [0, 0.1) is 11.8 Å². The number of hydrogen-bond acceptors (Lipinski definition) is 6. The van der Waals surface area contributed by atoms with Crippen LogP contribution in [0.1, 0.15) is 304 Å². The summed E-state index contributed by atoms with van der Waals surface area (Å²) in [6.45, 7) is 11.3. The van der Waals surface area contributed by atoms with Gasteiger partial charge in [-0.15, -0.1) is 0 Å². The molecule has 0 aromatic carbocycles. The van der Waals surface area contributed by atoms with Gasteiger partial charge < -0.3 is 14.2 Å². The Balaban J connectivity index is 4.22. The normalized spacial score (nSPS) is 12.0. The van der Waals surface area contributed by atoms with Crippen molar-refractivity contribution < 1.29 is 28.6 Å². The zero-order chi connectivity index (χ0) is 44.7. The largest absolute Gasteiger partial charge is 0.462 e. The number of ether oxygens (including phenoxy) is 3. The van der Waals surface area contributed by atoms with Crippen molar-refractivity contribution in [1.82, 2.24) is 0 Å². The molecule has 0 N–H and O–H groups in total. The third-order valence-corrected chi connectivity index (χ3v) is 12.5. The molecule has 0 aromatic rings. The Morgan fingerprint density at radius 1 is 0.311 bits per heavy atom. The average Bonchev–Trinajstić information content (AvgIpc) is 3.23. The summed E-state index contributed by atoms with van der Waals surface area (Å²) in [4.78, 5) is 37.9. The Bertz CT molecular complexity index is 931. The molecule has 1 atom stereocenters. The van der Waals surface area contributed by atoms with Gasteiger partial charge in [-0.3, -0.25) is 14.4 Å². The molecule has 0 unspecified atom stereocenters. The van der Waals surface area contributed by atoms with Crippen LogP contribution in [0.2, 0.25) is 0 Å². The van der Waals surface area contributed by atoms with Crippen LogP contribution in [0.25, 0.3) is 0 Å². The van der Waals surface area contributed by atoms with Crippen molar-refractivity contribution in [2.45, 2.75) is 310 Å². The molecule has 0 bridgehead atoms. The number of hydrogen-bond donors (Lipinski definition) is 0. The third kappa shape index (κ3) is 49.3. The number of carbonyl (C=O) groups is 3. The maximum absolute atomic E-state index is 12.8. The summed E-state index contributed by atoms with van der Waals surface area (Å²) < 4.78 is 16.8. The van der Waals surface area contributed by atoms with Gasteiger partial charge in [0.1, 0.15) is 13.2 Å². The molecule has 6 heteroatoms. The first kappa shape index (κ1) is 59.4. The fourth-order valence-corrected chi connectivity index (χ4v) is 8.34. The molecule has 0 rings (SSSR count). The van der Waals surface area contributed by atoms with Gasteiger partial charge in [0.05, 0.1) is 0 Å². The molecule has 0 amide bonds. The fourth-order valence-electron chi connectivity index (χ4n) is 8.34. The molecule has 0 aromatic heterocycles. The Morgan fingerprint density at radius 2 is 0.541 bits per heavy atom. The number of rotatable bonds is 49. The van der Waals surface area contributed by atoms with Gasteiger partial charge in [0.2, 0.25) is 0 Å². The van der Waals surface area contributed by atoms with Gasteiger partial charge >= 0.3 is 17.9 Å². The van der Waals surface area contributed by atoms with Crippen LogP contribution in [0.15, 0.2) is 0 Å². The van der Waals surface area contributed by atoms with Crippen LogP contribution < -0.4 is 0 Å². The standard InChI is InChI=1S/C55H106O6/c1-6-7-8-9-10-11-12-13-16-21-24-27-30-37-42-47-55(58)61-52(49-60-54(57)46-41-36-32-31-34-39-44-51(4)5)48-59-53(56)45-40-35-29-26-23-20-18-15-14-17-19-22-25-28-33-38-43-50(2)3/h50-52H,6-49H2,1-5H3/t52-/m0/s1. The second kappa shape index (κ2) is 47.9. The summed E-state index contributed by atoms with van der Waals surface area (Å²) in [7, 11) is 0. The van der Waals surface area contributed by atoms with Crippen LogP contribution in [-0.4, -0.2) is 37.2 Å². The highest BCUT2D eigenvalue weighted by Gasteiger charge is 2.19. The molecule has 0 spiro atoms. The fraction of sp³-hybridized carbons (Fsp3) is 0.945. The van der Waals surface area contributed by atoms with Gasteiger partial charge in [-0.1, -0.05) is 266 Å². The zero-order valence-electron chi connectivity index (χ0n) is 41.8. The molecule has 0 aliphatic heterocycles. The van der Waals surface area contributed by atoms with E-state index < -0.39 is 6.10 Å². The van der Waals surface area contributed by atoms with Crippen molar-refractivity contribution in [1.29, 1.82) is 0 Å². The summed E-state index contributed by atoms with van der Waals surface area (Å²) in [5, 5.41) is 0. The number of esters is 3. The molecular weight excluding hydrogens is 757 g/mol. The number of unbranched alkanes of at least 4 members (excludes halogenated alkanes) is 34. The molecule has 0 saturated carbocycles. The van der Waals surface area contributed by atoms with Gasteiger partial charge in [0.15, 0.2) is 6.10 Å². The molecule has 0 heterocycles. The first-order chi connectivity index (χ1) is 29.7. The van der Waals surface area contributed by atoms with Crippen molar-refractivity contribution in [2.24, 2.45) is 11.8 Å². The van der Waals surface area contributed by atoms with E-state index in [1.807, 2.05) is 0 Å². The smallest absolute Gasteiger partial charge is 0.306 e. The second-order valence-corrected chi connectivity index (χ2v) is 19.8. The second-order valence-electron chi connectivity index (χ2n) is 19.8. The molecular formula is C55H106O6. The third-order valence-electron chi connectivity index (χ3n) is 12.5. The molecule has 6 nitrogen and oxygen atoms in total. The summed E-state index contributed by atoms with van der Waals surface area (Å²) in [5.74, 6) is 0.767. The Labute approximate surface area is 380 Å². The van der Waals surface area contributed by atoms with Crippen molar-refractivity contribution in [3.05, 3.63) is 0 Å². The van der Waals surface area contributed by atoms with Crippen LogP contribution in [0.3, 0.4) is 0 Å². The average molecular weight is 863 g/mol. The predicted octanol–water partition coefficient (Wildman–Crippen LogP) is 17.7. The van der Waals surface area contributed by atoms with Crippen molar-refractivity contribution >= 4 is 17.9 Å². The molecule has 0 aliphatic carbocycles. The first-order valence-corrected chi connectivity index (χ1v) is 27.2. The zero-order valence-corrected chi connectivity index (χ0v) is 41.8. The van der Waals surface area contributed by atoms with E-state index in [2.05, 4.69) is 34.6 Å². The predicted molar refractivity (Wildman–Crippen MR) is 261 cm³/mol. The first-order valence-electron chi connectivity index (χ1n) is 27.2. The van der Waals surface area contributed by atoms with Crippen LogP contribution >= 0.6 is 0 Å². The van der Waals surface area contributed by atoms with Crippen LogP contribution in [-0.2, 0) is 28.6 Å². The van der Waals surface area contributed by atoms with Gasteiger partial charge in [-0.2, -0.15) is 0 Å². The minimum Gasteiger partial charge on any atom is -0.462 e. The lowest BCUT2D eigenvalue weighted by Gasteiger charge is -2.18. The van der Waals surface area contributed by atoms with E-state index in [-0.39, 0.29) is 31.1 Å². The van der Waals surface area contributed by atoms with E-state index in [0.29, 0.717) is 19.3 Å². The van der Waals surface area contributed by atoms with Gasteiger partial charge in [0.25, 0.3) is 0 Å². The van der Waals surface area contributed by atoms with Crippen molar-refractivity contribution in [3.63, 3.8) is 0 Å². The molecule has 0 aliphatic rings. The van der Waals surface area contributed by atoms with Crippen LogP contribution in [0.5, 0.6) is 0 Å². The quantitative estimate of drug-likeness (QED) is 0.0344. The lowest BCUT2D eigenvalue weighted by atomic mass is 10.0. The highest BCUT2D eigenvalue weighted by Crippen LogP contribution is 2.18. The number of carbonyl (C=O) groups excluding carboxylic acids is 3. The minimum absolute atomic E-state index is 0.0640. The topological polar surface area (TPSA) is 78.9 Å². The van der Waals surface area contributed by atoms with Crippen molar-refractivity contribution in [2.75, 3.05) is 13.2 Å². The summed E-state index contributed by atoms with van der Waals surface area (Å²) in [5.41, 5.74) is 0. The van der Waals surface area contributed by atoms with E-state index >= 15 is 0 Å². The lowest BCUT2D eigenvalue weighted by molar-refractivity contribution is -0.167. The van der Waals surface area contributed by atoms with Gasteiger partial charge in [0, 0.05) is 19.3 Å². The maximum atomic E-state index is 12.8. The summed E-state index contributed by atoms with van der Waals surface area (Å²) >= 11 is 0. The van der Waals surface area contributed by atoms with E-state index in [1.54, 1.807) is 0 Å². The summed E-state index contributed by atoms with van der Waals surface area (Å²) in [6, 6.07) is 0. The maximum Gasteiger partial charge on any atom is 0.306 e. The van der Waals surface area contributed by atoms with E-state index in [4.69, 9.17) is 14.2 Å². The SMILES string of the molecule is CCCCCCCCCCCCCCCCCC(=O)O[C@@H](COC(=O)CCCCCCCCCCCCCCCCCCC(C)C)COC(=O)CCCCCCCCC(C)C. The van der Waals surface area contributed by atoms with Gasteiger partial charge in [-0.05, 0) is 31.1 Å². The lowest BCUT2D eigenvalue weighted by Crippen LogP contribution is -2.30. The van der Waals surface area contributed by atoms with Gasteiger partial charge in [-0.25, -0.2) is 0 Å². The molecule has 0 fully saturated rings. The molecule has 0 saturated heterocycles. The van der Waals surface area contributed by atoms with E-state index in [9.17, 15) is 14.4 Å². The van der Waals surface area contributed by atoms with Crippen LogP contribution in [0.4, 0.5) is 0 Å². The van der Waals surface area contributed by atoms with E-state index in [1.165, 1.54) is 193 Å². The summed E-state index contributed by atoms with van der Waals surface area (Å²) in [6.07, 6.45) is 49.6.